The Morgan fingerprint density at radius 1 is 1.11 bits per heavy atom. The van der Waals surface area contributed by atoms with Gasteiger partial charge in [0.1, 0.15) is 14.4 Å². The zero-order valence-electron chi connectivity index (χ0n) is 10.7. The molecule has 1 amide bonds. The number of benzodiazepines with no additional fused rings is 1. The largest absolute Gasteiger partial charge is 0.324 e. The predicted molar refractivity (Wildman–Crippen MR) is 80.2 cm³/mol. The molecule has 3 nitrogen and oxygen atoms in total. The Balaban J connectivity index is 2.20. The fourth-order valence-electron chi connectivity index (χ4n) is 2.23. The van der Waals surface area contributed by atoms with Crippen LogP contribution in [0.5, 0.6) is 0 Å². The highest BCUT2D eigenvalue weighted by Gasteiger charge is 2.17. The van der Waals surface area contributed by atoms with Crippen LogP contribution in [0.15, 0.2) is 53.5 Å². The lowest BCUT2D eigenvalue weighted by atomic mass is 9.90. The molecule has 1 aliphatic heterocycles. The van der Waals surface area contributed by atoms with E-state index in [9.17, 15) is 4.79 Å². The average molecular weight is 248 g/mol. The van der Waals surface area contributed by atoms with Gasteiger partial charge in [0.2, 0.25) is 5.91 Å². The maximum absolute atomic E-state index is 11.7. The van der Waals surface area contributed by atoms with Gasteiger partial charge in [-0.05, 0) is 6.07 Å². The maximum atomic E-state index is 11.7. The first kappa shape index (κ1) is 11.7. The number of nitrogens with zero attached hydrogens (tertiary/aromatic N) is 1. The Labute approximate surface area is 112 Å². The van der Waals surface area contributed by atoms with Gasteiger partial charge in [-0.3, -0.25) is 9.79 Å². The van der Waals surface area contributed by atoms with Gasteiger partial charge in [0, 0.05) is 11.1 Å². The minimum Gasteiger partial charge on any atom is -0.324 e. The van der Waals surface area contributed by atoms with Crippen LogP contribution in [0.25, 0.3) is 0 Å². The molecule has 0 aromatic heterocycles. The van der Waals surface area contributed by atoms with E-state index in [2.05, 4.69) is 16.4 Å². The number of carbonyl (C=O) groups excluding carboxylic acids is 1. The van der Waals surface area contributed by atoms with Crippen molar-refractivity contribution in [2.45, 2.75) is 0 Å². The van der Waals surface area contributed by atoms with E-state index in [-0.39, 0.29) is 12.5 Å². The molecule has 0 bridgehead atoms. The Morgan fingerprint density at radius 3 is 2.68 bits per heavy atom. The fraction of sp³-hybridized carbons (Fsp3) is 0.0667. The molecule has 1 N–H and O–H groups in total. The number of anilines is 1. The Kier molecular flexibility index (Phi) is 2.92. The topological polar surface area (TPSA) is 41.5 Å². The fourth-order valence-corrected chi connectivity index (χ4v) is 2.23. The SMILES string of the molecule is Bc1ccc2c(c1)C(c1ccccc1)=NCC(=O)N2. The molecule has 1 aliphatic rings. The molecule has 0 fully saturated rings. The molecule has 3 rings (SSSR count). The van der Waals surface area contributed by atoms with E-state index in [1.807, 2.05) is 50.3 Å². The summed E-state index contributed by atoms with van der Waals surface area (Å²) in [5.74, 6) is -0.0731. The van der Waals surface area contributed by atoms with Crippen molar-refractivity contribution in [1.82, 2.24) is 0 Å². The van der Waals surface area contributed by atoms with Crippen LogP contribution in [0, 0.1) is 0 Å². The summed E-state index contributed by atoms with van der Waals surface area (Å²) in [5, 5.41) is 2.90. The molecular formula is C15H13BN2O. The van der Waals surface area contributed by atoms with Gasteiger partial charge in [-0.1, -0.05) is 47.9 Å². The number of benzene rings is 2. The number of fused-ring (bicyclic) bond motifs is 1. The molecular weight excluding hydrogens is 235 g/mol. The Bertz CT molecular complexity index is 665. The molecule has 4 heteroatoms. The average Bonchev–Trinajstić information content (AvgIpc) is 2.58. The van der Waals surface area contributed by atoms with Crippen LogP contribution in [0.1, 0.15) is 11.1 Å². The van der Waals surface area contributed by atoms with Crippen molar-refractivity contribution in [2.75, 3.05) is 11.9 Å². The summed E-state index contributed by atoms with van der Waals surface area (Å²) < 4.78 is 0. The number of hydrogen-bond acceptors (Lipinski definition) is 2. The van der Waals surface area contributed by atoms with E-state index in [1.165, 1.54) is 0 Å². The van der Waals surface area contributed by atoms with Crippen molar-refractivity contribution >= 4 is 30.6 Å². The highest BCUT2D eigenvalue weighted by Crippen LogP contribution is 2.21. The smallest absolute Gasteiger partial charge is 0.246 e. The molecule has 0 atom stereocenters. The molecule has 19 heavy (non-hydrogen) atoms. The highest BCUT2D eigenvalue weighted by molar-refractivity contribution is 6.33. The van der Waals surface area contributed by atoms with Crippen molar-refractivity contribution in [3.63, 3.8) is 0 Å². The van der Waals surface area contributed by atoms with E-state index in [0.29, 0.717) is 0 Å². The first-order valence-electron chi connectivity index (χ1n) is 6.25. The van der Waals surface area contributed by atoms with Gasteiger partial charge < -0.3 is 5.32 Å². The van der Waals surface area contributed by atoms with Crippen molar-refractivity contribution in [3.05, 3.63) is 59.7 Å². The molecule has 1 heterocycles. The first-order chi connectivity index (χ1) is 9.24. The lowest BCUT2D eigenvalue weighted by Crippen LogP contribution is -2.14. The molecule has 0 saturated heterocycles. The summed E-state index contributed by atoms with van der Waals surface area (Å²) in [6.07, 6.45) is 0. The molecule has 0 spiro atoms. The number of rotatable bonds is 1. The van der Waals surface area contributed by atoms with Crippen LogP contribution in [0.3, 0.4) is 0 Å². The maximum Gasteiger partial charge on any atom is 0.246 e. The summed E-state index contributed by atoms with van der Waals surface area (Å²) in [7, 11) is 2.04. The third-order valence-electron chi connectivity index (χ3n) is 3.13. The van der Waals surface area contributed by atoms with Crippen molar-refractivity contribution in [2.24, 2.45) is 4.99 Å². The molecule has 2 aromatic carbocycles. The number of carbonyl (C=O) groups is 1. The van der Waals surface area contributed by atoms with E-state index in [1.54, 1.807) is 0 Å². The number of amides is 1. The zero-order valence-corrected chi connectivity index (χ0v) is 10.7. The van der Waals surface area contributed by atoms with E-state index in [0.717, 1.165) is 28.0 Å². The molecule has 0 radical (unpaired) electrons. The summed E-state index contributed by atoms with van der Waals surface area (Å²) in [5.41, 5.74) is 4.87. The van der Waals surface area contributed by atoms with Crippen LogP contribution in [-0.4, -0.2) is 26.0 Å². The standard InChI is InChI=1S/C15H13BN2O/c16-11-6-7-13-12(8-11)15(17-9-14(19)18-13)10-4-2-1-3-5-10/h1-8H,9,16H2,(H,18,19). The number of hydrogen-bond donors (Lipinski definition) is 1. The van der Waals surface area contributed by atoms with Gasteiger partial charge >= 0.3 is 0 Å². The highest BCUT2D eigenvalue weighted by atomic mass is 16.1. The molecule has 0 saturated carbocycles. The number of nitrogens with one attached hydrogen (secondary N) is 1. The van der Waals surface area contributed by atoms with Crippen LogP contribution in [0.4, 0.5) is 5.69 Å². The minimum absolute atomic E-state index is 0.0731. The van der Waals surface area contributed by atoms with Crippen LogP contribution >= 0.6 is 0 Å². The van der Waals surface area contributed by atoms with Crippen molar-refractivity contribution < 1.29 is 4.79 Å². The second-order valence-electron chi connectivity index (χ2n) is 4.63. The lowest BCUT2D eigenvalue weighted by Gasteiger charge is -2.10. The number of aliphatic imine (C=N–C) groups is 1. The van der Waals surface area contributed by atoms with Crippen molar-refractivity contribution in [3.8, 4) is 0 Å². The Hall–Kier alpha value is -2.36. The van der Waals surface area contributed by atoms with E-state index >= 15 is 0 Å². The van der Waals surface area contributed by atoms with Gasteiger partial charge in [0.25, 0.3) is 0 Å². The van der Waals surface area contributed by atoms with Gasteiger partial charge in [-0.2, -0.15) is 0 Å². The molecule has 0 aliphatic carbocycles. The van der Waals surface area contributed by atoms with Gasteiger partial charge in [0.15, 0.2) is 0 Å². The van der Waals surface area contributed by atoms with Gasteiger partial charge in [-0.15, -0.1) is 0 Å². The van der Waals surface area contributed by atoms with Gasteiger partial charge in [-0.25, -0.2) is 0 Å². The second-order valence-corrected chi connectivity index (χ2v) is 4.63. The van der Waals surface area contributed by atoms with Gasteiger partial charge in [0.05, 0.1) is 11.4 Å². The molecule has 92 valence electrons. The van der Waals surface area contributed by atoms with E-state index in [4.69, 9.17) is 0 Å². The third-order valence-corrected chi connectivity index (χ3v) is 3.13. The Morgan fingerprint density at radius 2 is 1.89 bits per heavy atom. The normalized spacial score (nSPS) is 14.1. The molecule has 0 unspecified atom stereocenters. The summed E-state index contributed by atoms with van der Waals surface area (Å²) in [6, 6.07) is 16.0. The lowest BCUT2D eigenvalue weighted by molar-refractivity contribution is -0.114. The first-order valence-corrected chi connectivity index (χ1v) is 6.25. The summed E-state index contributed by atoms with van der Waals surface area (Å²) in [6.45, 7) is 0.165. The predicted octanol–water partition coefficient (Wildman–Crippen LogP) is 0.734. The molecule has 2 aromatic rings. The summed E-state index contributed by atoms with van der Waals surface area (Å²) in [4.78, 5) is 16.2. The second kappa shape index (κ2) is 4.73. The van der Waals surface area contributed by atoms with Crippen molar-refractivity contribution in [1.29, 1.82) is 0 Å². The summed E-state index contributed by atoms with van der Waals surface area (Å²) >= 11 is 0. The van der Waals surface area contributed by atoms with Crippen LogP contribution < -0.4 is 10.8 Å². The monoisotopic (exact) mass is 248 g/mol. The third kappa shape index (κ3) is 2.29. The quantitative estimate of drug-likeness (QED) is 0.743. The van der Waals surface area contributed by atoms with E-state index < -0.39 is 0 Å². The van der Waals surface area contributed by atoms with Crippen LogP contribution in [0.2, 0.25) is 0 Å². The van der Waals surface area contributed by atoms with Crippen LogP contribution in [-0.2, 0) is 4.79 Å². The minimum atomic E-state index is -0.0731. The zero-order chi connectivity index (χ0) is 13.2.